The monoisotopic (exact) mass is 314 g/mol. The molecule has 0 aromatic heterocycles. The van der Waals surface area contributed by atoms with E-state index in [4.69, 9.17) is 0 Å². The van der Waals surface area contributed by atoms with Crippen LogP contribution in [0.2, 0.25) is 0 Å². The van der Waals surface area contributed by atoms with Gasteiger partial charge in [-0.25, -0.2) is 8.78 Å². The van der Waals surface area contributed by atoms with Gasteiger partial charge in [-0.15, -0.1) is 0 Å². The molecular formula is C14H16F2N2O2S. The molecule has 7 heteroatoms. The largest absolute Gasteiger partial charge is 0.290 e. The quantitative estimate of drug-likeness (QED) is 0.857. The highest BCUT2D eigenvalue weighted by Crippen LogP contribution is 2.36. The average Bonchev–Trinajstić information content (AvgIpc) is 2.50. The lowest BCUT2D eigenvalue weighted by Gasteiger charge is -2.23. The lowest BCUT2D eigenvalue weighted by atomic mass is 10.2. The van der Waals surface area contributed by atoms with Crippen molar-refractivity contribution in [1.29, 1.82) is 0 Å². The number of hydrogen-bond acceptors (Lipinski definition) is 4. The maximum Gasteiger partial charge on any atom is 0.290 e. The second-order valence-corrected chi connectivity index (χ2v) is 7.12. The van der Waals surface area contributed by atoms with E-state index in [1.165, 1.54) is 12.1 Å². The minimum absolute atomic E-state index is 0.0895. The second-order valence-electron chi connectivity index (χ2n) is 5.54. The lowest BCUT2D eigenvalue weighted by Crippen LogP contribution is -2.42. The van der Waals surface area contributed by atoms with Crippen molar-refractivity contribution < 1.29 is 18.4 Å². The molecule has 2 amide bonds. The molecule has 0 atom stereocenters. The molecule has 0 spiro atoms. The fourth-order valence-electron chi connectivity index (χ4n) is 2.15. The molecule has 4 nitrogen and oxygen atoms in total. The van der Waals surface area contributed by atoms with E-state index in [1.54, 1.807) is 25.8 Å². The standard InChI is InChI=1S/C14H16F2N2O2S/c1-14(2)12(19)18(13(20)21-14)8-17(3)7-9-4-10(15)6-11(16)5-9/h4-6H,7-8H2,1-3H3. The van der Waals surface area contributed by atoms with E-state index in [0.29, 0.717) is 5.56 Å². The number of imide groups is 1. The molecule has 0 aliphatic carbocycles. The van der Waals surface area contributed by atoms with E-state index in [0.717, 1.165) is 22.7 Å². The Hall–Kier alpha value is -1.47. The number of carbonyl (C=O) groups excluding carboxylic acids is 2. The first kappa shape index (κ1) is 15.9. The highest BCUT2D eigenvalue weighted by atomic mass is 32.2. The van der Waals surface area contributed by atoms with Gasteiger partial charge in [-0.05, 0) is 50.4 Å². The van der Waals surface area contributed by atoms with Crippen LogP contribution in [0.4, 0.5) is 13.6 Å². The molecule has 0 bridgehead atoms. The summed E-state index contributed by atoms with van der Waals surface area (Å²) in [6, 6.07) is 3.26. The van der Waals surface area contributed by atoms with Gasteiger partial charge in [0.15, 0.2) is 0 Å². The summed E-state index contributed by atoms with van der Waals surface area (Å²) in [5, 5.41) is -0.303. The van der Waals surface area contributed by atoms with Crippen LogP contribution >= 0.6 is 11.8 Å². The fraction of sp³-hybridized carbons (Fsp3) is 0.429. The predicted octanol–water partition coefficient (Wildman–Crippen LogP) is 2.83. The van der Waals surface area contributed by atoms with Crippen molar-refractivity contribution in [2.24, 2.45) is 0 Å². The highest BCUT2D eigenvalue weighted by molar-refractivity contribution is 8.16. The minimum Gasteiger partial charge on any atom is -0.284 e. The Bertz CT molecular complexity index is 572. The number of amides is 2. The molecule has 114 valence electrons. The van der Waals surface area contributed by atoms with E-state index in [1.807, 2.05) is 0 Å². The van der Waals surface area contributed by atoms with Crippen molar-refractivity contribution in [2.45, 2.75) is 25.1 Å². The molecule has 1 saturated heterocycles. The van der Waals surface area contributed by atoms with Gasteiger partial charge in [0.1, 0.15) is 11.6 Å². The van der Waals surface area contributed by atoms with E-state index < -0.39 is 16.4 Å². The topological polar surface area (TPSA) is 40.6 Å². The number of rotatable bonds is 4. The smallest absolute Gasteiger partial charge is 0.284 e. The average molecular weight is 314 g/mol. The third kappa shape index (κ3) is 3.59. The van der Waals surface area contributed by atoms with E-state index in [9.17, 15) is 18.4 Å². The van der Waals surface area contributed by atoms with Gasteiger partial charge in [-0.3, -0.25) is 19.4 Å². The van der Waals surface area contributed by atoms with Crippen molar-refractivity contribution in [2.75, 3.05) is 13.7 Å². The number of thioether (sulfide) groups is 1. The molecule has 2 rings (SSSR count). The van der Waals surface area contributed by atoms with Crippen molar-refractivity contribution >= 4 is 22.9 Å². The Labute approximate surface area is 126 Å². The fourth-order valence-corrected chi connectivity index (χ4v) is 3.04. The lowest BCUT2D eigenvalue weighted by molar-refractivity contribution is -0.130. The summed E-state index contributed by atoms with van der Waals surface area (Å²) in [4.78, 5) is 26.7. The van der Waals surface area contributed by atoms with Crippen molar-refractivity contribution in [1.82, 2.24) is 9.80 Å². The van der Waals surface area contributed by atoms with E-state index in [-0.39, 0.29) is 24.4 Å². The van der Waals surface area contributed by atoms with Gasteiger partial charge >= 0.3 is 0 Å². The van der Waals surface area contributed by atoms with Gasteiger partial charge < -0.3 is 0 Å². The molecule has 0 unspecified atom stereocenters. The van der Waals surface area contributed by atoms with Gasteiger partial charge in [0.2, 0.25) is 5.91 Å². The normalized spacial score (nSPS) is 17.9. The van der Waals surface area contributed by atoms with Crippen LogP contribution in [0.1, 0.15) is 19.4 Å². The maximum atomic E-state index is 13.1. The molecule has 0 N–H and O–H groups in total. The molecule has 1 aromatic carbocycles. The molecule has 0 saturated carbocycles. The van der Waals surface area contributed by atoms with Crippen LogP contribution in [0.25, 0.3) is 0 Å². The molecular weight excluding hydrogens is 298 g/mol. The number of halogens is 2. The van der Waals surface area contributed by atoms with Crippen molar-refractivity contribution in [3.63, 3.8) is 0 Å². The number of nitrogens with zero attached hydrogens (tertiary/aromatic N) is 2. The molecule has 0 radical (unpaired) electrons. The van der Waals surface area contributed by atoms with E-state index in [2.05, 4.69) is 0 Å². The van der Waals surface area contributed by atoms with Crippen LogP contribution < -0.4 is 0 Å². The summed E-state index contributed by atoms with van der Waals surface area (Å²) in [6.45, 7) is 3.71. The van der Waals surface area contributed by atoms with Gasteiger partial charge in [0, 0.05) is 12.6 Å². The Kier molecular flexibility index (Phi) is 4.34. The van der Waals surface area contributed by atoms with Crippen LogP contribution in [0.15, 0.2) is 18.2 Å². The summed E-state index contributed by atoms with van der Waals surface area (Å²) in [7, 11) is 1.68. The summed E-state index contributed by atoms with van der Waals surface area (Å²) in [6.07, 6.45) is 0. The first-order valence-corrected chi connectivity index (χ1v) is 7.19. The Balaban J connectivity index is 2.03. The van der Waals surface area contributed by atoms with E-state index >= 15 is 0 Å². The molecule has 1 heterocycles. The Morgan fingerprint density at radius 1 is 1.19 bits per heavy atom. The van der Waals surface area contributed by atoms with Crippen LogP contribution in [-0.4, -0.2) is 39.4 Å². The maximum absolute atomic E-state index is 13.1. The summed E-state index contributed by atoms with van der Waals surface area (Å²) >= 11 is 0.983. The summed E-state index contributed by atoms with van der Waals surface area (Å²) in [5.41, 5.74) is 0.445. The van der Waals surface area contributed by atoms with Gasteiger partial charge in [-0.2, -0.15) is 0 Å². The van der Waals surface area contributed by atoms with Gasteiger partial charge in [0.25, 0.3) is 5.24 Å². The molecule has 1 aliphatic heterocycles. The zero-order valence-electron chi connectivity index (χ0n) is 12.0. The SMILES string of the molecule is CN(Cc1cc(F)cc(F)c1)CN1C(=O)SC(C)(C)C1=O. The van der Waals surface area contributed by atoms with Crippen LogP contribution in [0.5, 0.6) is 0 Å². The summed E-state index contributed by atoms with van der Waals surface area (Å²) in [5.74, 6) is -1.55. The highest BCUT2D eigenvalue weighted by Gasteiger charge is 2.46. The Morgan fingerprint density at radius 3 is 2.24 bits per heavy atom. The van der Waals surface area contributed by atoms with Crippen LogP contribution in [-0.2, 0) is 11.3 Å². The first-order valence-electron chi connectivity index (χ1n) is 6.37. The minimum atomic E-state index is -0.761. The molecule has 1 aromatic rings. The summed E-state index contributed by atoms with van der Waals surface area (Å²) < 4.78 is 25.5. The number of hydrogen-bond donors (Lipinski definition) is 0. The number of benzene rings is 1. The number of carbonyl (C=O) groups is 2. The third-order valence-corrected chi connectivity index (χ3v) is 4.16. The molecule has 21 heavy (non-hydrogen) atoms. The Morgan fingerprint density at radius 2 is 1.76 bits per heavy atom. The zero-order valence-corrected chi connectivity index (χ0v) is 12.8. The van der Waals surface area contributed by atoms with Gasteiger partial charge in [0.05, 0.1) is 11.4 Å². The van der Waals surface area contributed by atoms with Gasteiger partial charge in [-0.1, -0.05) is 0 Å². The third-order valence-electron chi connectivity index (χ3n) is 3.08. The van der Waals surface area contributed by atoms with Crippen LogP contribution in [0.3, 0.4) is 0 Å². The van der Waals surface area contributed by atoms with Crippen molar-refractivity contribution in [3.05, 3.63) is 35.4 Å². The van der Waals surface area contributed by atoms with Crippen LogP contribution in [0, 0.1) is 11.6 Å². The molecule has 1 aliphatic rings. The van der Waals surface area contributed by atoms with Crippen molar-refractivity contribution in [3.8, 4) is 0 Å². The predicted molar refractivity (Wildman–Crippen MR) is 76.6 cm³/mol. The molecule has 1 fully saturated rings. The zero-order chi connectivity index (χ0) is 15.8. The first-order chi connectivity index (χ1) is 9.69. The second kappa shape index (κ2) is 5.73.